The molecule has 0 aliphatic carbocycles. The number of nitrogen functional groups attached to an aromatic ring is 1. The first-order chi connectivity index (χ1) is 7.00. The van der Waals surface area contributed by atoms with Gasteiger partial charge in [-0.1, -0.05) is 0 Å². The number of anilines is 1. The van der Waals surface area contributed by atoms with Gasteiger partial charge in [-0.15, -0.1) is 0 Å². The van der Waals surface area contributed by atoms with Gasteiger partial charge >= 0.3 is 5.97 Å². The molecule has 8 nitrogen and oxygen atoms in total. The number of carbonyl (C=O) groups is 2. The maximum Gasteiger partial charge on any atom is 0.305 e. The Morgan fingerprint density at radius 3 is 2.73 bits per heavy atom. The summed E-state index contributed by atoms with van der Waals surface area (Å²) in [6.45, 7) is 1.55. The topological polar surface area (TPSA) is 131 Å². The van der Waals surface area contributed by atoms with Gasteiger partial charge < -0.3 is 16.2 Å². The zero-order chi connectivity index (χ0) is 11.4. The molecular weight excluding hydrogens is 204 g/mol. The number of nitrogens with one attached hydrogen (secondary N) is 1. The van der Waals surface area contributed by atoms with Gasteiger partial charge in [-0.25, -0.2) is 4.63 Å². The molecule has 15 heavy (non-hydrogen) atoms. The third-order valence-electron chi connectivity index (χ3n) is 1.59. The number of rotatable bonds is 4. The van der Waals surface area contributed by atoms with E-state index in [1.165, 1.54) is 0 Å². The molecule has 1 rings (SSSR count). The van der Waals surface area contributed by atoms with E-state index < -0.39 is 17.9 Å². The summed E-state index contributed by atoms with van der Waals surface area (Å²) in [4.78, 5) is 21.7. The molecule has 0 aliphatic rings. The van der Waals surface area contributed by atoms with Gasteiger partial charge in [0.15, 0.2) is 0 Å². The Morgan fingerprint density at radius 2 is 2.27 bits per heavy atom. The Hall–Kier alpha value is -2.12. The minimum Gasteiger partial charge on any atom is -0.481 e. The first-order valence-electron chi connectivity index (χ1n) is 4.11. The second-order valence-corrected chi connectivity index (χ2v) is 2.97. The number of nitrogens with two attached hydrogens (primary N) is 1. The molecule has 0 aliphatic heterocycles. The standard InChI is InChI=1S/C7H10N4O4/c1-3(2-4(12)13)9-7(14)5-6(8)11-15-10-5/h3H,2H2,1H3,(H2,8,11)(H,9,14)(H,12,13). The quantitative estimate of drug-likeness (QED) is 0.600. The molecule has 0 saturated heterocycles. The van der Waals surface area contributed by atoms with Gasteiger partial charge in [0.05, 0.1) is 6.42 Å². The van der Waals surface area contributed by atoms with Crippen LogP contribution >= 0.6 is 0 Å². The molecule has 82 valence electrons. The molecule has 0 aromatic carbocycles. The zero-order valence-electron chi connectivity index (χ0n) is 7.93. The molecule has 8 heteroatoms. The van der Waals surface area contributed by atoms with Crippen molar-refractivity contribution < 1.29 is 19.3 Å². The number of carboxylic acid groups (broad SMARTS) is 1. The summed E-state index contributed by atoms with van der Waals surface area (Å²) in [6, 6.07) is -0.522. The number of aromatic nitrogens is 2. The molecule has 1 heterocycles. The summed E-state index contributed by atoms with van der Waals surface area (Å²) in [6.07, 6.45) is -0.184. The van der Waals surface area contributed by atoms with Crippen molar-refractivity contribution in [2.75, 3.05) is 5.73 Å². The molecule has 0 spiro atoms. The number of hydrogen-bond acceptors (Lipinski definition) is 6. The van der Waals surface area contributed by atoms with Crippen LogP contribution in [-0.2, 0) is 4.79 Å². The second-order valence-electron chi connectivity index (χ2n) is 2.97. The van der Waals surface area contributed by atoms with Gasteiger partial charge in [0.2, 0.25) is 11.5 Å². The van der Waals surface area contributed by atoms with Gasteiger partial charge in [-0.3, -0.25) is 9.59 Å². The van der Waals surface area contributed by atoms with E-state index in [-0.39, 0.29) is 17.9 Å². The molecule has 1 aromatic rings. The maximum absolute atomic E-state index is 11.4. The van der Waals surface area contributed by atoms with Gasteiger partial charge in [0.1, 0.15) is 0 Å². The summed E-state index contributed by atoms with van der Waals surface area (Å²) in [5.41, 5.74) is 5.13. The molecule has 0 fully saturated rings. The number of aliphatic carboxylic acids is 1. The van der Waals surface area contributed by atoms with E-state index in [1.807, 2.05) is 0 Å². The number of carbonyl (C=O) groups excluding carboxylic acids is 1. The Kier molecular flexibility index (Phi) is 3.21. The highest BCUT2D eigenvalue weighted by atomic mass is 16.6. The van der Waals surface area contributed by atoms with Crippen LogP contribution in [0.2, 0.25) is 0 Å². The minimum atomic E-state index is -1.01. The number of amides is 1. The van der Waals surface area contributed by atoms with Gasteiger partial charge in [0, 0.05) is 6.04 Å². The summed E-state index contributed by atoms with van der Waals surface area (Å²) in [7, 11) is 0. The van der Waals surface area contributed by atoms with E-state index in [1.54, 1.807) is 6.92 Å². The van der Waals surface area contributed by atoms with Crippen LogP contribution < -0.4 is 11.1 Å². The lowest BCUT2D eigenvalue weighted by atomic mass is 10.2. The molecule has 1 amide bonds. The smallest absolute Gasteiger partial charge is 0.305 e. The Bertz CT molecular complexity index is 375. The Balaban J connectivity index is 2.56. The summed E-state index contributed by atoms with van der Waals surface area (Å²) in [5.74, 6) is -1.74. The number of carboxylic acids is 1. The van der Waals surface area contributed by atoms with Gasteiger partial charge in [-0.05, 0) is 17.2 Å². The molecule has 0 radical (unpaired) electrons. The Morgan fingerprint density at radius 1 is 1.60 bits per heavy atom. The predicted octanol–water partition coefficient (Wildman–Crippen LogP) is -0.755. The predicted molar refractivity (Wildman–Crippen MR) is 47.9 cm³/mol. The van der Waals surface area contributed by atoms with E-state index >= 15 is 0 Å². The van der Waals surface area contributed by atoms with Crippen LogP contribution in [0.15, 0.2) is 4.63 Å². The highest BCUT2D eigenvalue weighted by Crippen LogP contribution is 2.04. The molecule has 4 N–H and O–H groups in total. The summed E-state index contributed by atoms with van der Waals surface area (Å²) in [5, 5.41) is 17.3. The van der Waals surface area contributed by atoms with E-state index in [9.17, 15) is 9.59 Å². The normalized spacial score (nSPS) is 12.1. The van der Waals surface area contributed by atoms with Crippen molar-refractivity contribution in [3.8, 4) is 0 Å². The van der Waals surface area contributed by atoms with E-state index in [0.717, 1.165) is 0 Å². The zero-order valence-corrected chi connectivity index (χ0v) is 7.93. The molecule has 1 atom stereocenters. The average Bonchev–Trinajstić information content (AvgIpc) is 2.49. The monoisotopic (exact) mass is 214 g/mol. The van der Waals surface area contributed by atoms with Crippen LogP contribution in [0.3, 0.4) is 0 Å². The lowest BCUT2D eigenvalue weighted by Gasteiger charge is -2.09. The van der Waals surface area contributed by atoms with Crippen molar-refractivity contribution in [2.24, 2.45) is 0 Å². The fourth-order valence-electron chi connectivity index (χ4n) is 0.958. The third kappa shape index (κ3) is 2.93. The molecule has 1 aromatic heterocycles. The van der Waals surface area contributed by atoms with Crippen molar-refractivity contribution in [1.29, 1.82) is 0 Å². The fourth-order valence-corrected chi connectivity index (χ4v) is 0.958. The van der Waals surface area contributed by atoms with Crippen LogP contribution in [-0.4, -0.2) is 33.3 Å². The average molecular weight is 214 g/mol. The lowest BCUT2D eigenvalue weighted by molar-refractivity contribution is -0.137. The Labute approximate surface area is 84.4 Å². The first-order valence-corrected chi connectivity index (χ1v) is 4.11. The fraction of sp³-hybridized carbons (Fsp3) is 0.429. The van der Waals surface area contributed by atoms with Crippen molar-refractivity contribution in [2.45, 2.75) is 19.4 Å². The summed E-state index contributed by atoms with van der Waals surface area (Å²) < 4.78 is 4.23. The lowest BCUT2D eigenvalue weighted by Crippen LogP contribution is -2.34. The van der Waals surface area contributed by atoms with Crippen molar-refractivity contribution >= 4 is 17.7 Å². The van der Waals surface area contributed by atoms with Crippen LogP contribution in [0.25, 0.3) is 0 Å². The molecule has 0 bridgehead atoms. The van der Waals surface area contributed by atoms with E-state index in [4.69, 9.17) is 10.8 Å². The van der Waals surface area contributed by atoms with E-state index in [0.29, 0.717) is 0 Å². The van der Waals surface area contributed by atoms with Crippen LogP contribution in [0.1, 0.15) is 23.8 Å². The highest BCUT2D eigenvalue weighted by molar-refractivity contribution is 5.96. The molecular formula is C7H10N4O4. The first kappa shape index (κ1) is 11.0. The van der Waals surface area contributed by atoms with Crippen molar-refractivity contribution in [1.82, 2.24) is 15.6 Å². The SMILES string of the molecule is CC(CC(=O)O)NC(=O)c1nonc1N. The van der Waals surface area contributed by atoms with Gasteiger partial charge in [-0.2, -0.15) is 0 Å². The maximum atomic E-state index is 11.4. The number of hydrogen-bond donors (Lipinski definition) is 3. The molecule has 0 saturated carbocycles. The largest absolute Gasteiger partial charge is 0.481 e. The number of nitrogens with zero attached hydrogens (tertiary/aromatic N) is 2. The van der Waals surface area contributed by atoms with Crippen LogP contribution in [0.4, 0.5) is 5.82 Å². The second kappa shape index (κ2) is 4.40. The van der Waals surface area contributed by atoms with E-state index in [2.05, 4.69) is 20.3 Å². The van der Waals surface area contributed by atoms with Crippen molar-refractivity contribution in [3.05, 3.63) is 5.69 Å². The third-order valence-corrected chi connectivity index (χ3v) is 1.59. The minimum absolute atomic E-state index is 0.130. The van der Waals surface area contributed by atoms with Crippen LogP contribution in [0.5, 0.6) is 0 Å². The van der Waals surface area contributed by atoms with Crippen LogP contribution in [0, 0.1) is 0 Å². The van der Waals surface area contributed by atoms with Crippen molar-refractivity contribution in [3.63, 3.8) is 0 Å². The highest BCUT2D eigenvalue weighted by Gasteiger charge is 2.18. The summed E-state index contributed by atoms with van der Waals surface area (Å²) >= 11 is 0. The van der Waals surface area contributed by atoms with Gasteiger partial charge in [0.25, 0.3) is 5.91 Å². The molecule has 1 unspecified atom stereocenters.